The van der Waals surface area contributed by atoms with Crippen LogP contribution in [0.2, 0.25) is 5.02 Å². The maximum atomic E-state index is 13.4. The predicted molar refractivity (Wildman–Crippen MR) is 129 cm³/mol. The minimum atomic E-state index is -0.732. The molecule has 7 nitrogen and oxygen atoms in total. The molecular weight excluding hydrogens is 456 g/mol. The Morgan fingerprint density at radius 3 is 2.50 bits per heavy atom. The molecule has 1 saturated heterocycles. The number of nitrogens with zero attached hydrogens (tertiary/aromatic N) is 1. The molecule has 2 aromatic carbocycles. The summed E-state index contributed by atoms with van der Waals surface area (Å²) in [5.41, 5.74) is 1.91. The lowest BCUT2D eigenvalue weighted by Gasteiger charge is -2.30. The predicted octanol–water partition coefficient (Wildman–Crippen LogP) is 5.20. The van der Waals surface area contributed by atoms with Crippen molar-refractivity contribution in [2.24, 2.45) is 0 Å². The summed E-state index contributed by atoms with van der Waals surface area (Å²) in [5, 5.41) is 12.6. The summed E-state index contributed by atoms with van der Waals surface area (Å²) in [5.74, 6) is -0.982. The van der Waals surface area contributed by atoms with Crippen LogP contribution >= 0.6 is 11.6 Å². The molecule has 1 amide bonds. The lowest BCUT2D eigenvalue weighted by Crippen LogP contribution is -2.37. The molecule has 2 N–H and O–H groups in total. The fourth-order valence-electron chi connectivity index (χ4n) is 5.22. The topological polar surface area (TPSA) is 91.9 Å². The summed E-state index contributed by atoms with van der Waals surface area (Å²) in [4.78, 5) is 31.7. The van der Waals surface area contributed by atoms with E-state index in [1.165, 1.54) is 20.3 Å². The highest BCUT2D eigenvalue weighted by molar-refractivity contribution is 6.47. The van der Waals surface area contributed by atoms with Crippen LogP contribution < -0.4 is 9.47 Å². The second-order valence-electron chi connectivity index (χ2n) is 8.62. The number of carbonyl (C=O) groups excluding carboxylic acids is 2. The van der Waals surface area contributed by atoms with Crippen molar-refractivity contribution < 1.29 is 24.2 Å². The first-order valence-electron chi connectivity index (χ1n) is 11.2. The normalized spacial score (nSPS) is 20.4. The summed E-state index contributed by atoms with van der Waals surface area (Å²) in [6.45, 7) is 0. The highest BCUT2D eigenvalue weighted by Crippen LogP contribution is 2.47. The van der Waals surface area contributed by atoms with Crippen LogP contribution in [-0.4, -0.2) is 46.9 Å². The van der Waals surface area contributed by atoms with Gasteiger partial charge in [0.05, 0.1) is 36.4 Å². The molecule has 176 valence electrons. The van der Waals surface area contributed by atoms with E-state index >= 15 is 0 Å². The first kappa shape index (κ1) is 22.3. The van der Waals surface area contributed by atoms with Gasteiger partial charge in [-0.15, -0.1) is 0 Å². The first-order valence-corrected chi connectivity index (χ1v) is 11.6. The van der Waals surface area contributed by atoms with Crippen molar-refractivity contribution in [3.05, 3.63) is 64.3 Å². The number of H-pyrrole nitrogens is 1. The van der Waals surface area contributed by atoms with Crippen LogP contribution in [0, 0.1) is 0 Å². The van der Waals surface area contributed by atoms with Gasteiger partial charge in [-0.1, -0.05) is 42.6 Å². The van der Waals surface area contributed by atoms with Crippen LogP contribution in [0.1, 0.15) is 42.9 Å². The Morgan fingerprint density at radius 2 is 1.79 bits per heavy atom. The number of hydrogen-bond acceptors (Lipinski definition) is 5. The number of amides is 1. The number of ketones is 1. The molecular formula is C26H25ClN2O5. The molecule has 1 aromatic heterocycles. The van der Waals surface area contributed by atoms with Gasteiger partial charge in [0.25, 0.3) is 11.7 Å². The largest absolute Gasteiger partial charge is 0.507 e. The van der Waals surface area contributed by atoms with Crippen molar-refractivity contribution in [2.75, 3.05) is 14.2 Å². The van der Waals surface area contributed by atoms with Gasteiger partial charge in [0.2, 0.25) is 0 Å². The zero-order chi connectivity index (χ0) is 24.0. The van der Waals surface area contributed by atoms with Gasteiger partial charge in [-0.25, -0.2) is 0 Å². The highest BCUT2D eigenvalue weighted by atomic mass is 35.5. The number of Topliss-reactive ketones (excluding diaryl/α,β-unsaturated/α-hetero) is 1. The average molecular weight is 481 g/mol. The van der Waals surface area contributed by atoms with Crippen LogP contribution in [0.3, 0.4) is 0 Å². The third-order valence-corrected chi connectivity index (χ3v) is 7.14. The Balaban J connectivity index is 1.76. The van der Waals surface area contributed by atoms with Gasteiger partial charge in [0.1, 0.15) is 17.3 Å². The number of rotatable bonds is 5. The standard InChI is InChI=1S/C26H25ClN2O5/c1-33-20-12-21(34-2)18(27)11-16(20)24(30)22-23(17-13-28-19-10-6-5-9-15(17)19)29(26(32)25(22)31)14-7-3-4-8-14/h5-6,9-14,23,28,30H,3-4,7-8H2,1-2H3/b24-22+. The van der Waals surface area contributed by atoms with E-state index in [4.69, 9.17) is 21.1 Å². The van der Waals surface area contributed by atoms with Gasteiger partial charge in [0, 0.05) is 34.8 Å². The second kappa shape index (κ2) is 8.72. The van der Waals surface area contributed by atoms with E-state index in [9.17, 15) is 14.7 Å². The molecule has 34 heavy (non-hydrogen) atoms. The molecule has 1 unspecified atom stereocenters. The van der Waals surface area contributed by atoms with Crippen LogP contribution in [0.25, 0.3) is 16.7 Å². The van der Waals surface area contributed by atoms with E-state index in [-0.39, 0.29) is 33.7 Å². The minimum absolute atomic E-state index is 0.0289. The van der Waals surface area contributed by atoms with E-state index in [2.05, 4.69) is 4.98 Å². The van der Waals surface area contributed by atoms with E-state index in [1.807, 2.05) is 30.5 Å². The smallest absolute Gasteiger partial charge is 0.295 e. The maximum absolute atomic E-state index is 13.4. The number of halogens is 1. The molecule has 2 heterocycles. The Labute approximate surface area is 201 Å². The van der Waals surface area contributed by atoms with E-state index in [0.29, 0.717) is 5.75 Å². The SMILES string of the molecule is COc1cc(OC)c(/C(O)=C2\C(=O)C(=O)N(C3CCCC3)C2c2c[nH]c3ccccc23)cc1Cl. The number of aromatic amines is 1. The van der Waals surface area contributed by atoms with Gasteiger partial charge < -0.3 is 24.5 Å². The molecule has 8 heteroatoms. The van der Waals surface area contributed by atoms with Crippen LogP contribution in [0.15, 0.2) is 48.2 Å². The number of methoxy groups -OCH3 is 2. The number of fused-ring (bicyclic) bond motifs is 1. The maximum Gasteiger partial charge on any atom is 0.295 e. The average Bonchev–Trinajstić information content (AvgIpc) is 3.57. The van der Waals surface area contributed by atoms with Gasteiger partial charge in [-0.05, 0) is 25.0 Å². The number of nitrogens with one attached hydrogen (secondary N) is 1. The van der Waals surface area contributed by atoms with Crippen LogP contribution in [0.4, 0.5) is 0 Å². The van der Waals surface area contributed by atoms with Crippen molar-refractivity contribution >= 4 is 40.0 Å². The second-order valence-corrected chi connectivity index (χ2v) is 9.03. The molecule has 0 spiro atoms. The summed E-state index contributed by atoms with van der Waals surface area (Å²) in [7, 11) is 2.93. The van der Waals surface area contributed by atoms with Gasteiger partial charge in [0.15, 0.2) is 0 Å². The number of ether oxygens (including phenoxy) is 2. The zero-order valence-corrected chi connectivity index (χ0v) is 19.7. The summed E-state index contributed by atoms with van der Waals surface area (Å²) >= 11 is 6.34. The Bertz CT molecular complexity index is 1320. The number of aliphatic hydroxyl groups excluding tert-OH is 1. The monoisotopic (exact) mass is 480 g/mol. The van der Waals surface area contributed by atoms with Crippen molar-refractivity contribution in [3.63, 3.8) is 0 Å². The lowest BCUT2D eigenvalue weighted by atomic mass is 9.94. The third-order valence-electron chi connectivity index (χ3n) is 6.84. The minimum Gasteiger partial charge on any atom is -0.507 e. The number of likely N-dealkylation sites (tertiary alicyclic amines) is 1. The summed E-state index contributed by atoms with van der Waals surface area (Å²) < 4.78 is 10.7. The highest BCUT2D eigenvalue weighted by Gasteiger charge is 2.50. The number of hydrogen-bond donors (Lipinski definition) is 2. The number of benzene rings is 2. The number of aromatic nitrogens is 1. The third kappa shape index (κ3) is 3.42. The van der Waals surface area contributed by atoms with Crippen molar-refractivity contribution in [1.29, 1.82) is 0 Å². The molecule has 1 aliphatic carbocycles. The summed E-state index contributed by atoms with van der Waals surface area (Å²) in [6, 6.07) is 9.95. The van der Waals surface area contributed by atoms with Crippen LogP contribution in [0.5, 0.6) is 11.5 Å². The van der Waals surface area contributed by atoms with Gasteiger partial charge in [-0.3, -0.25) is 9.59 Å². The van der Waals surface area contributed by atoms with Gasteiger partial charge >= 0.3 is 0 Å². The quantitative estimate of drug-likeness (QED) is 0.297. The molecule has 1 aliphatic heterocycles. The Hall–Kier alpha value is -3.45. The van der Waals surface area contributed by atoms with Crippen molar-refractivity contribution in [1.82, 2.24) is 9.88 Å². The van der Waals surface area contributed by atoms with Gasteiger partial charge in [-0.2, -0.15) is 0 Å². The molecule has 2 fully saturated rings. The molecule has 0 radical (unpaired) electrons. The Kier molecular flexibility index (Phi) is 5.73. The zero-order valence-electron chi connectivity index (χ0n) is 18.9. The van der Waals surface area contributed by atoms with E-state index < -0.39 is 17.7 Å². The summed E-state index contributed by atoms with van der Waals surface area (Å²) in [6.07, 6.45) is 5.45. The van der Waals surface area contributed by atoms with Crippen molar-refractivity contribution in [2.45, 2.75) is 37.8 Å². The molecule has 3 aromatic rings. The number of carbonyl (C=O) groups is 2. The number of aliphatic hydroxyl groups is 1. The lowest BCUT2D eigenvalue weighted by molar-refractivity contribution is -0.141. The van der Waals surface area contributed by atoms with Crippen molar-refractivity contribution in [3.8, 4) is 11.5 Å². The molecule has 0 bridgehead atoms. The van der Waals surface area contributed by atoms with E-state index in [0.717, 1.165) is 42.1 Å². The fraction of sp³-hybridized carbons (Fsp3) is 0.308. The molecule has 1 atom stereocenters. The first-order chi connectivity index (χ1) is 16.5. The van der Waals surface area contributed by atoms with Crippen LogP contribution in [-0.2, 0) is 9.59 Å². The fourth-order valence-corrected chi connectivity index (χ4v) is 5.47. The molecule has 2 aliphatic rings. The van der Waals surface area contributed by atoms with E-state index in [1.54, 1.807) is 11.0 Å². The molecule has 5 rings (SSSR count). The Morgan fingerprint density at radius 1 is 1.09 bits per heavy atom. The molecule has 1 saturated carbocycles. The number of para-hydroxylation sites is 1.